The Balaban J connectivity index is 1.42. The number of hydrogen-bond donors (Lipinski definition) is 0. The first-order chi connectivity index (χ1) is 27.7. The number of rotatable bonds is 9. The number of alkyl halides is 3. The first-order valence-electron chi connectivity index (χ1n) is 21.0. The van der Waals surface area contributed by atoms with Crippen LogP contribution in [0.4, 0.5) is 13.2 Å². The predicted molar refractivity (Wildman–Crippen MR) is 249 cm³/mol. The first kappa shape index (κ1) is 42.5. The quantitative estimate of drug-likeness (QED) is 0.127. The number of fused-ring (bicyclic) bond motifs is 4. The Labute approximate surface area is 357 Å². The average molecular weight is 926 g/mol. The molecular formula is C52H54Cl2F3SiZr. The van der Waals surface area contributed by atoms with Crippen LogP contribution in [0.3, 0.4) is 0 Å². The van der Waals surface area contributed by atoms with Crippen LogP contribution in [0, 0.1) is 10.8 Å². The van der Waals surface area contributed by atoms with E-state index in [1.165, 1.54) is 11.1 Å². The van der Waals surface area contributed by atoms with Crippen LogP contribution in [0.2, 0.25) is 12.6 Å². The summed E-state index contributed by atoms with van der Waals surface area (Å²) in [5.41, 5.74) is 11.0. The Morgan fingerprint density at radius 1 is 0.525 bits per heavy atom. The van der Waals surface area contributed by atoms with E-state index in [-0.39, 0.29) is 24.1 Å². The summed E-state index contributed by atoms with van der Waals surface area (Å²) in [7, 11) is 17.9. The Kier molecular flexibility index (Phi) is 11.0. The average Bonchev–Trinajstić information content (AvgIpc) is 3.73. The number of benzene rings is 6. The molecule has 7 heteroatoms. The van der Waals surface area contributed by atoms with Crippen LogP contribution in [0.5, 0.6) is 0 Å². The van der Waals surface area contributed by atoms with Crippen molar-refractivity contribution in [3.05, 3.63) is 155 Å². The molecule has 0 aliphatic heterocycles. The summed E-state index contributed by atoms with van der Waals surface area (Å²) in [6, 6.07) is 42.8. The van der Waals surface area contributed by atoms with E-state index in [2.05, 4.69) is 182 Å². The van der Waals surface area contributed by atoms with E-state index in [1.54, 1.807) is 0 Å². The van der Waals surface area contributed by atoms with Gasteiger partial charge in [-0.15, -0.1) is 0 Å². The van der Waals surface area contributed by atoms with E-state index in [1.807, 2.05) is 0 Å². The fourth-order valence-corrected chi connectivity index (χ4v) is 50.5. The second kappa shape index (κ2) is 15.3. The van der Waals surface area contributed by atoms with E-state index < -0.39 is 34.1 Å². The minimum atomic E-state index is -5.76. The third-order valence-corrected chi connectivity index (χ3v) is 63.0. The first-order valence-corrected chi connectivity index (χ1v) is 37.0. The van der Waals surface area contributed by atoms with Crippen molar-refractivity contribution in [2.75, 3.05) is 0 Å². The molecular weight excluding hydrogens is 872 g/mol. The Morgan fingerprint density at radius 2 is 0.898 bits per heavy atom. The van der Waals surface area contributed by atoms with Gasteiger partial charge in [0.05, 0.1) is 0 Å². The van der Waals surface area contributed by atoms with Crippen LogP contribution in [0.1, 0.15) is 90.3 Å². The van der Waals surface area contributed by atoms with E-state index >= 15 is 0 Å². The molecule has 0 radical (unpaired) electrons. The molecule has 6 aromatic carbocycles. The van der Waals surface area contributed by atoms with Crippen molar-refractivity contribution in [1.82, 2.24) is 0 Å². The van der Waals surface area contributed by atoms with Gasteiger partial charge in [0.25, 0.3) is 0 Å². The molecule has 0 amide bonds. The van der Waals surface area contributed by atoms with Crippen molar-refractivity contribution in [2.45, 2.75) is 86.8 Å². The molecule has 59 heavy (non-hydrogen) atoms. The van der Waals surface area contributed by atoms with Gasteiger partial charge < -0.3 is 0 Å². The zero-order valence-electron chi connectivity index (χ0n) is 35.2. The monoisotopic (exact) mass is 923 g/mol. The van der Waals surface area contributed by atoms with E-state index in [0.717, 1.165) is 78.9 Å². The van der Waals surface area contributed by atoms with Gasteiger partial charge in [-0.3, -0.25) is 0 Å². The number of hydrogen-bond acceptors (Lipinski definition) is 0. The van der Waals surface area contributed by atoms with Gasteiger partial charge in [-0.05, 0) is 0 Å². The summed E-state index contributed by atoms with van der Waals surface area (Å²) in [4.78, 5) is 0. The second-order valence-corrected chi connectivity index (χ2v) is 61.1. The van der Waals surface area contributed by atoms with Gasteiger partial charge in [-0.25, -0.2) is 0 Å². The summed E-state index contributed by atoms with van der Waals surface area (Å²) < 4.78 is 42.6. The van der Waals surface area contributed by atoms with Crippen molar-refractivity contribution < 1.29 is 28.7 Å². The van der Waals surface area contributed by atoms with Gasteiger partial charge in [-0.2, -0.15) is 0 Å². The molecule has 0 bridgehead atoms. The molecule has 0 N–H and O–H groups in total. The Morgan fingerprint density at radius 3 is 1.31 bits per heavy atom. The third kappa shape index (κ3) is 7.93. The van der Waals surface area contributed by atoms with Crippen LogP contribution in [-0.2, 0) is 15.6 Å². The summed E-state index contributed by atoms with van der Waals surface area (Å²) in [6.07, 6.45) is 0.988. The molecule has 305 valence electrons. The van der Waals surface area contributed by atoms with Gasteiger partial charge in [0.1, 0.15) is 0 Å². The summed E-state index contributed by atoms with van der Waals surface area (Å²) in [6.45, 7) is 15.5. The molecule has 0 fully saturated rings. The van der Waals surface area contributed by atoms with Gasteiger partial charge >= 0.3 is 360 Å². The summed E-state index contributed by atoms with van der Waals surface area (Å²) in [5.74, 6) is -2.60. The molecule has 0 saturated carbocycles. The maximum absolute atomic E-state index is 14.4. The number of allylic oxidation sites excluding steroid dienone is 2. The van der Waals surface area contributed by atoms with Crippen LogP contribution in [-0.4, -0.2) is 12.1 Å². The molecule has 0 heterocycles. The molecule has 0 aromatic heterocycles. The summed E-state index contributed by atoms with van der Waals surface area (Å²) in [5, 5.41) is 4.64. The topological polar surface area (TPSA) is 0 Å². The van der Waals surface area contributed by atoms with Gasteiger partial charge in [0, 0.05) is 0 Å². The van der Waals surface area contributed by atoms with Crippen molar-refractivity contribution in [1.29, 1.82) is 0 Å². The van der Waals surface area contributed by atoms with Crippen molar-refractivity contribution in [3.63, 3.8) is 0 Å². The van der Waals surface area contributed by atoms with Crippen LogP contribution in [0.25, 0.3) is 56.0 Å². The fourth-order valence-electron chi connectivity index (χ4n) is 10.5. The Hall–Kier alpha value is -3.21. The van der Waals surface area contributed by atoms with E-state index in [9.17, 15) is 13.2 Å². The summed E-state index contributed by atoms with van der Waals surface area (Å²) >= 11 is -5.76. The molecule has 0 spiro atoms. The molecule has 0 saturated heterocycles. The Bertz CT molecular complexity index is 2480. The standard InChI is InChI=1S/2C24H23.C4H8F3Si.2ClH.Zr/c2*1-24(2,3)16-17-14-19-10-7-13-22(23(19)15-17)21-12-6-9-18-8-4-5-11-20(18)21;1-8-3-2-4(5,6)7;;;/h2*4-15H,16H2,1-3H3;8H,2-3H2,1H3;2*1H;/q;;;;;+2/p-2. The molecule has 2 aliphatic rings. The molecule has 3 unspecified atom stereocenters. The van der Waals surface area contributed by atoms with E-state index in [4.69, 9.17) is 17.0 Å². The van der Waals surface area contributed by atoms with Gasteiger partial charge in [-0.1, -0.05) is 0 Å². The normalized spacial score (nSPS) is 18.3. The molecule has 8 rings (SSSR count). The number of halogens is 5. The molecule has 6 aromatic rings. The van der Waals surface area contributed by atoms with E-state index in [0.29, 0.717) is 0 Å². The molecule has 0 nitrogen and oxygen atoms in total. The molecule has 2 aliphatic carbocycles. The molecule has 3 atom stereocenters. The fraction of sp³-hybridized carbons (Fsp3) is 0.308. The van der Waals surface area contributed by atoms with Crippen molar-refractivity contribution in [2.24, 2.45) is 10.8 Å². The zero-order chi connectivity index (χ0) is 42.1. The SMILES string of the molecule is C[SiH](CCC(F)(F)F)[Zr]([Cl])([Cl])([CH]1C(CC(C)(C)C)=Cc2c(-c3cccc4ccccc34)cccc21)[CH]1C(CC(C)(C)C)=Cc2c(-c3cccc4ccccc34)cccc21. The van der Waals surface area contributed by atoms with Gasteiger partial charge in [0.15, 0.2) is 0 Å². The van der Waals surface area contributed by atoms with Crippen LogP contribution in [0.15, 0.2) is 132 Å². The zero-order valence-corrected chi connectivity index (χ0v) is 40.3. The van der Waals surface area contributed by atoms with Gasteiger partial charge in [0.2, 0.25) is 0 Å². The predicted octanol–water partition coefficient (Wildman–Crippen LogP) is 17.1. The minimum absolute atomic E-state index is 0.0110. The van der Waals surface area contributed by atoms with Crippen LogP contribution < -0.4 is 0 Å². The van der Waals surface area contributed by atoms with Crippen molar-refractivity contribution >= 4 is 56.6 Å². The second-order valence-electron chi connectivity index (χ2n) is 19.7. The third-order valence-electron chi connectivity index (χ3n) is 12.8. The van der Waals surface area contributed by atoms with Crippen molar-refractivity contribution in [3.8, 4) is 22.3 Å². The maximum atomic E-state index is 14.4. The van der Waals surface area contributed by atoms with Crippen LogP contribution >= 0.6 is 17.0 Å².